The van der Waals surface area contributed by atoms with Crippen molar-refractivity contribution in [2.24, 2.45) is 0 Å². The predicted molar refractivity (Wildman–Crippen MR) is 97.0 cm³/mol. The zero-order valence-corrected chi connectivity index (χ0v) is 15.1. The number of aliphatic hydroxyl groups is 1. The predicted octanol–water partition coefficient (Wildman–Crippen LogP) is 2.63. The molecule has 0 bridgehead atoms. The molecular weight excluding hydrogens is 342 g/mol. The van der Waals surface area contributed by atoms with Gasteiger partial charge < -0.3 is 19.9 Å². The van der Waals surface area contributed by atoms with Crippen LogP contribution in [0.3, 0.4) is 0 Å². The fourth-order valence-corrected chi connectivity index (χ4v) is 2.50. The molecule has 1 unspecified atom stereocenters. The molecule has 1 aromatic heterocycles. The van der Waals surface area contributed by atoms with Gasteiger partial charge in [-0.15, -0.1) is 0 Å². The molecule has 136 valence electrons. The van der Waals surface area contributed by atoms with E-state index in [0.29, 0.717) is 22.8 Å². The second kappa shape index (κ2) is 9.97. The van der Waals surface area contributed by atoms with Crippen LogP contribution in [0.2, 0.25) is 0 Å². The lowest BCUT2D eigenvalue weighted by Crippen LogP contribution is -2.35. The minimum Gasteiger partial charge on any atom is -0.467 e. The van der Waals surface area contributed by atoms with E-state index in [1.54, 1.807) is 0 Å². The number of ether oxygens (including phenoxy) is 2. The Balaban J connectivity index is 1.70. The lowest BCUT2D eigenvalue weighted by molar-refractivity contribution is 0.104. The van der Waals surface area contributed by atoms with Gasteiger partial charge in [0.25, 0.3) is 5.19 Å². The standard InChI is InChI=1S/C17H23N3O4S/c1-12(2)18-8-14(21)11-24-17-19-9-15(25-17)20-16(22)23-10-13-6-4-3-5-7-13/h3-7,9,12,14,18,21H,8,10-11H2,1-2H3,(H,20,22). The molecule has 0 aliphatic rings. The Morgan fingerprint density at radius 2 is 2.08 bits per heavy atom. The number of hydrogen-bond acceptors (Lipinski definition) is 7. The number of thiazole rings is 1. The van der Waals surface area contributed by atoms with Gasteiger partial charge in [0.05, 0.1) is 6.20 Å². The number of aliphatic hydroxyl groups excluding tert-OH is 1. The van der Waals surface area contributed by atoms with Crippen LogP contribution >= 0.6 is 11.3 Å². The number of hydrogen-bond donors (Lipinski definition) is 3. The summed E-state index contributed by atoms with van der Waals surface area (Å²) in [4.78, 5) is 15.8. The number of carbonyl (C=O) groups excluding carboxylic acids is 1. The minimum absolute atomic E-state index is 0.130. The van der Waals surface area contributed by atoms with E-state index in [-0.39, 0.29) is 13.2 Å². The molecule has 1 amide bonds. The maximum absolute atomic E-state index is 11.8. The van der Waals surface area contributed by atoms with Crippen LogP contribution in [0, 0.1) is 0 Å². The van der Waals surface area contributed by atoms with Crippen LogP contribution < -0.4 is 15.4 Å². The maximum atomic E-state index is 11.8. The summed E-state index contributed by atoms with van der Waals surface area (Å²) in [5.41, 5.74) is 0.912. The van der Waals surface area contributed by atoms with E-state index >= 15 is 0 Å². The molecule has 0 aliphatic carbocycles. The molecule has 0 saturated heterocycles. The Morgan fingerprint density at radius 3 is 2.80 bits per heavy atom. The summed E-state index contributed by atoms with van der Waals surface area (Å²) in [7, 11) is 0. The molecule has 2 rings (SSSR count). The lowest BCUT2D eigenvalue weighted by Gasteiger charge is -2.13. The molecular formula is C17H23N3O4S. The highest BCUT2D eigenvalue weighted by atomic mass is 32.1. The van der Waals surface area contributed by atoms with E-state index in [1.165, 1.54) is 17.5 Å². The Bertz CT molecular complexity index is 648. The summed E-state index contributed by atoms with van der Waals surface area (Å²) in [5, 5.41) is 16.4. The Morgan fingerprint density at radius 1 is 1.32 bits per heavy atom. The number of amides is 1. The van der Waals surface area contributed by atoms with Crippen molar-refractivity contribution in [3.63, 3.8) is 0 Å². The SMILES string of the molecule is CC(C)NCC(O)COc1ncc(NC(=O)OCc2ccccc2)s1. The van der Waals surface area contributed by atoms with Crippen molar-refractivity contribution in [1.29, 1.82) is 0 Å². The Hall–Kier alpha value is -2.16. The second-order valence-electron chi connectivity index (χ2n) is 5.70. The van der Waals surface area contributed by atoms with Crippen LogP contribution in [0.5, 0.6) is 5.19 Å². The first-order valence-corrected chi connectivity index (χ1v) is 8.82. The molecule has 8 heteroatoms. The summed E-state index contributed by atoms with van der Waals surface area (Å²) < 4.78 is 10.6. The molecule has 1 heterocycles. The first-order chi connectivity index (χ1) is 12.0. The van der Waals surface area contributed by atoms with Crippen LogP contribution in [-0.2, 0) is 11.3 Å². The van der Waals surface area contributed by atoms with Crippen molar-refractivity contribution in [2.45, 2.75) is 32.6 Å². The van der Waals surface area contributed by atoms with Crippen molar-refractivity contribution in [3.05, 3.63) is 42.1 Å². The number of benzene rings is 1. The number of carbonyl (C=O) groups is 1. The van der Waals surface area contributed by atoms with Crippen LogP contribution in [0.15, 0.2) is 36.5 Å². The van der Waals surface area contributed by atoms with Crippen LogP contribution in [-0.4, -0.2) is 41.5 Å². The van der Waals surface area contributed by atoms with Gasteiger partial charge >= 0.3 is 6.09 Å². The fraction of sp³-hybridized carbons (Fsp3) is 0.412. The third-order valence-corrected chi connectivity index (χ3v) is 3.91. The largest absolute Gasteiger partial charge is 0.467 e. The maximum Gasteiger partial charge on any atom is 0.412 e. The second-order valence-corrected chi connectivity index (χ2v) is 6.70. The number of rotatable bonds is 9. The third kappa shape index (κ3) is 7.51. The lowest BCUT2D eigenvalue weighted by atomic mass is 10.2. The van der Waals surface area contributed by atoms with E-state index in [1.807, 2.05) is 44.2 Å². The zero-order valence-electron chi connectivity index (χ0n) is 14.3. The average Bonchev–Trinajstić information content (AvgIpc) is 3.04. The molecule has 1 atom stereocenters. The minimum atomic E-state index is -0.626. The van der Waals surface area contributed by atoms with Crippen LogP contribution in [0.25, 0.3) is 0 Å². The van der Waals surface area contributed by atoms with E-state index in [9.17, 15) is 9.90 Å². The first-order valence-electron chi connectivity index (χ1n) is 8.00. The normalized spacial score (nSPS) is 12.0. The molecule has 0 spiro atoms. The topological polar surface area (TPSA) is 92.7 Å². The van der Waals surface area contributed by atoms with Gasteiger partial charge in [0, 0.05) is 12.6 Å². The number of aromatic nitrogens is 1. The molecule has 0 fully saturated rings. The van der Waals surface area contributed by atoms with Gasteiger partial charge in [-0.05, 0) is 5.56 Å². The van der Waals surface area contributed by atoms with Gasteiger partial charge in [-0.2, -0.15) is 0 Å². The number of anilines is 1. The summed E-state index contributed by atoms with van der Waals surface area (Å²) in [6, 6.07) is 9.73. The van der Waals surface area contributed by atoms with E-state index in [0.717, 1.165) is 5.56 Å². The Kier molecular flexibility index (Phi) is 7.65. The van der Waals surface area contributed by atoms with Crippen molar-refractivity contribution in [3.8, 4) is 5.19 Å². The summed E-state index contributed by atoms with van der Waals surface area (Å²) >= 11 is 1.17. The van der Waals surface area contributed by atoms with Crippen molar-refractivity contribution in [1.82, 2.24) is 10.3 Å². The van der Waals surface area contributed by atoms with Gasteiger partial charge in [0.1, 0.15) is 24.3 Å². The quantitative estimate of drug-likeness (QED) is 0.633. The zero-order chi connectivity index (χ0) is 18.1. The fourth-order valence-electron chi connectivity index (χ4n) is 1.84. The molecule has 25 heavy (non-hydrogen) atoms. The summed E-state index contributed by atoms with van der Waals surface area (Å²) in [5.74, 6) is 0. The number of nitrogens with one attached hydrogen (secondary N) is 2. The van der Waals surface area contributed by atoms with Crippen molar-refractivity contribution >= 4 is 22.4 Å². The van der Waals surface area contributed by atoms with Gasteiger partial charge in [-0.3, -0.25) is 5.32 Å². The monoisotopic (exact) mass is 365 g/mol. The molecule has 0 radical (unpaired) electrons. The first kappa shape index (κ1) is 19.2. The molecule has 0 aliphatic heterocycles. The molecule has 3 N–H and O–H groups in total. The van der Waals surface area contributed by atoms with Crippen LogP contribution in [0.1, 0.15) is 19.4 Å². The van der Waals surface area contributed by atoms with Gasteiger partial charge in [-0.25, -0.2) is 9.78 Å². The molecule has 7 nitrogen and oxygen atoms in total. The molecule has 1 aromatic carbocycles. The highest BCUT2D eigenvalue weighted by Crippen LogP contribution is 2.25. The highest BCUT2D eigenvalue weighted by molar-refractivity contribution is 7.17. The van der Waals surface area contributed by atoms with Crippen molar-refractivity contribution < 1.29 is 19.4 Å². The van der Waals surface area contributed by atoms with E-state index < -0.39 is 12.2 Å². The smallest absolute Gasteiger partial charge is 0.412 e. The van der Waals surface area contributed by atoms with Gasteiger partial charge in [0.2, 0.25) is 0 Å². The van der Waals surface area contributed by atoms with Crippen molar-refractivity contribution in [2.75, 3.05) is 18.5 Å². The molecule has 0 saturated carbocycles. The third-order valence-electron chi connectivity index (χ3n) is 3.08. The Labute approximate surface area is 151 Å². The summed E-state index contributed by atoms with van der Waals surface area (Å²) in [6.07, 6.45) is 0.307. The van der Waals surface area contributed by atoms with E-state index in [2.05, 4.69) is 15.6 Å². The average molecular weight is 365 g/mol. The number of nitrogens with zero attached hydrogens (tertiary/aromatic N) is 1. The summed E-state index contributed by atoms with van der Waals surface area (Å²) in [6.45, 7) is 4.78. The van der Waals surface area contributed by atoms with E-state index in [4.69, 9.17) is 9.47 Å². The highest BCUT2D eigenvalue weighted by Gasteiger charge is 2.11. The van der Waals surface area contributed by atoms with Crippen LogP contribution in [0.4, 0.5) is 9.80 Å². The van der Waals surface area contributed by atoms with Gasteiger partial charge in [0.15, 0.2) is 0 Å². The van der Waals surface area contributed by atoms with Gasteiger partial charge in [-0.1, -0.05) is 55.5 Å². The molecule has 2 aromatic rings.